The van der Waals surface area contributed by atoms with Gasteiger partial charge in [0.25, 0.3) is 0 Å². The molecule has 1 aliphatic heterocycles. The van der Waals surface area contributed by atoms with Crippen LogP contribution in [0.1, 0.15) is 59.8 Å². The van der Waals surface area contributed by atoms with E-state index >= 15 is 0 Å². The van der Waals surface area contributed by atoms with Crippen molar-refractivity contribution in [3.63, 3.8) is 0 Å². The lowest BCUT2D eigenvalue weighted by atomic mass is 9.89. The monoisotopic (exact) mass is 280 g/mol. The Morgan fingerprint density at radius 1 is 1.00 bits per heavy atom. The summed E-state index contributed by atoms with van der Waals surface area (Å²) in [7, 11) is 0. The Kier molecular flexibility index (Phi) is 6.35. The highest BCUT2D eigenvalue weighted by Crippen LogP contribution is 2.37. The summed E-state index contributed by atoms with van der Waals surface area (Å²) in [5.74, 6) is 3.65. The Morgan fingerprint density at radius 3 is 2.35 bits per heavy atom. The maximum atomic E-state index is 3.84. The molecule has 0 radical (unpaired) electrons. The maximum absolute atomic E-state index is 3.84. The lowest BCUT2D eigenvalue weighted by Crippen LogP contribution is -2.50. The van der Waals surface area contributed by atoms with Crippen molar-refractivity contribution in [2.45, 2.75) is 65.8 Å². The topological polar surface area (TPSA) is 15.3 Å². The van der Waals surface area contributed by atoms with Crippen LogP contribution in [0.3, 0.4) is 0 Å². The number of hydrogen-bond acceptors (Lipinski definition) is 2. The minimum atomic E-state index is 0.741. The molecule has 1 aliphatic carbocycles. The number of nitrogens with zero attached hydrogens (tertiary/aromatic N) is 1. The first-order valence-corrected chi connectivity index (χ1v) is 8.98. The average molecular weight is 280 g/mol. The third-order valence-corrected chi connectivity index (χ3v) is 4.75. The summed E-state index contributed by atoms with van der Waals surface area (Å²) in [6, 6.07) is 0.741. The van der Waals surface area contributed by atoms with E-state index in [2.05, 4.69) is 37.9 Å². The molecule has 1 saturated carbocycles. The predicted octanol–water partition coefficient (Wildman–Crippen LogP) is 3.77. The van der Waals surface area contributed by atoms with Crippen LogP contribution in [-0.2, 0) is 0 Å². The molecule has 2 atom stereocenters. The van der Waals surface area contributed by atoms with Crippen LogP contribution in [0.25, 0.3) is 0 Å². The van der Waals surface area contributed by atoms with Crippen molar-refractivity contribution < 1.29 is 0 Å². The summed E-state index contributed by atoms with van der Waals surface area (Å²) < 4.78 is 0. The van der Waals surface area contributed by atoms with E-state index in [0.717, 1.165) is 29.7 Å². The van der Waals surface area contributed by atoms with Crippen molar-refractivity contribution >= 4 is 0 Å². The average Bonchev–Trinajstić information content (AvgIpc) is 3.11. The van der Waals surface area contributed by atoms with Gasteiger partial charge in [0.1, 0.15) is 0 Å². The van der Waals surface area contributed by atoms with Crippen molar-refractivity contribution in [3.8, 4) is 0 Å². The van der Waals surface area contributed by atoms with E-state index in [1.807, 2.05) is 0 Å². The highest BCUT2D eigenvalue weighted by atomic mass is 15.2. The summed E-state index contributed by atoms with van der Waals surface area (Å²) in [5, 5.41) is 3.84. The number of likely N-dealkylation sites (tertiary alicyclic amines) is 1. The van der Waals surface area contributed by atoms with Gasteiger partial charge in [-0.3, -0.25) is 0 Å². The molecule has 0 bridgehead atoms. The normalized spacial score (nSPS) is 28.5. The van der Waals surface area contributed by atoms with Gasteiger partial charge in [0.05, 0.1) is 0 Å². The second-order valence-electron chi connectivity index (χ2n) is 8.23. The first-order chi connectivity index (χ1) is 9.52. The first kappa shape index (κ1) is 16.3. The fraction of sp³-hybridized carbons (Fsp3) is 1.00. The van der Waals surface area contributed by atoms with Gasteiger partial charge in [0, 0.05) is 25.7 Å². The highest BCUT2D eigenvalue weighted by molar-refractivity contribution is 4.87. The van der Waals surface area contributed by atoms with E-state index in [4.69, 9.17) is 0 Å². The molecule has 118 valence electrons. The van der Waals surface area contributed by atoms with Crippen LogP contribution in [0.2, 0.25) is 0 Å². The second-order valence-corrected chi connectivity index (χ2v) is 8.23. The van der Waals surface area contributed by atoms with E-state index in [9.17, 15) is 0 Å². The van der Waals surface area contributed by atoms with Crippen LogP contribution < -0.4 is 5.32 Å². The molecule has 2 unspecified atom stereocenters. The van der Waals surface area contributed by atoms with E-state index in [0.29, 0.717) is 0 Å². The molecule has 20 heavy (non-hydrogen) atoms. The smallest absolute Gasteiger partial charge is 0.0198 e. The molecule has 2 fully saturated rings. The Balaban J connectivity index is 1.78. The molecule has 2 rings (SSSR count). The standard InChI is InChI=1S/C18H36N2/c1-14(2)7-8-19-18-10-17(9-16-5-6-16)12-20(13-18)11-15(3)4/h14-19H,5-13H2,1-4H3. The maximum Gasteiger partial charge on any atom is 0.0198 e. The van der Waals surface area contributed by atoms with Crippen LogP contribution in [0.15, 0.2) is 0 Å². The van der Waals surface area contributed by atoms with E-state index in [1.165, 1.54) is 58.3 Å². The Bertz CT molecular complexity index is 259. The number of piperidine rings is 1. The third-order valence-electron chi connectivity index (χ3n) is 4.75. The van der Waals surface area contributed by atoms with Crippen LogP contribution >= 0.6 is 0 Å². The number of hydrogen-bond donors (Lipinski definition) is 1. The lowest BCUT2D eigenvalue weighted by molar-refractivity contribution is 0.120. The van der Waals surface area contributed by atoms with Gasteiger partial charge in [-0.25, -0.2) is 0 Å². The molecular weight excluding hydrogens is 244 g/mol. The number of rotatable bonds is 8. The Labute approximate surface area is 126 Å². The van der Waals surface area contributed by atoms with Crippen molar-refractivity contribution in [1.29, 1.82) is 0 Å². The molecule has 2 heteroatoms. The van der Waals surface area contributed by atoms with Crippen LogP contribution in [0, 0.1) is 23.7 Å². The van der Waals surface area contributed by atoms with E-state index in [1.54, 1.807) is 0 Å². The third kappa shape index (κ3) is 6.13. The minimum absolute atomic E-state index is 0.741. The Morgan fingerprint density at radius 2 is 1.75 bits per heavy atom. The van der Waals surface area contributed by atoms with E-state index < -0.39 is 0 Å². The molecule has 2 aliphatic rings. The fourth-order valence-corrected chi connectivity index (χ4v) is 3.69. The van der Waals surface area contributed by atoms with Crippen molar-refractivity contribution in [3.05, 3.63) is 0 Å². The van der Waals surface area contributed by atoms with Crippen molar-refractivity contribution in [2.75, 3.05) is 26.2 Å². The second kappa shape index (κ2) is 7.79. The molecule has 2 nitrogen and oxygen atoms in total. The van der Waals surface area contributed by atoms with Gasteiger partial charge in [-0.2, -0.15) is 0 Å². The summed E-state index contributed by atoms with van der Waals surface area (Å²) >= 11 is 0. The fourth-order valence-electron chi connectivity index (χ4n) is 3.69. The minimum Gasteiger partial charge on any atom is -0.313 e. The van der Waals surface area contributed by atoms with Gasteiger partial charge < -0.3 is 10.2 Å². The summed E-state index contributed by atoms with van der Waals surface area (Å²) in [5.41, 5.74) is 0. The zero-order valence-corrected chi connectivity index (χ0v) is 14.2. The van der Waals surface area contributed by atoms with Crippen molar-refractivity contribution in [1.82, 2.24) is 10.2 Å². The van der Waals surface area contributed by atoms with Gasteiger partial charge in [0.15, 0.2) is 0 Å². The molecule has 0 aromatic carbocycles. The van der Waals surface area contributed by atoms with Gasteiger partial charge in [-0.15, -0.1) is 0 Å². The molecule has 0 aromatic heterocycles. The van der Waals surface area contributed by atoms with Gasteiger partial charge in [-0.1, -0.05) is 40.5 Å². The van der Waals surface area contributed by atoms with Gasteiger partial charge in [0.2, 0.25) is 0 Å². The lowest BCUT2D eigenvalue weighted by Gasteiger charge is -2.39. The zero-order chi connectivity index (χ0) is 14.5. The van der Waals surface area contributed by atoms with E-state index in [-0.39, 0.29) is 0 Å². The number of nitrogens with one attached hydrogen (secondary N) is 1. The molecule has 0 amide bonds. The highest BCUT2D eigenvalue weighted by Gasteiger charge is 2.32. The molecule has 0 spiro atoms. The molecular formula is C18H36N2. The quantitative estimate of drug-likeness (QED) is 0.728. The summed E-state index contributed by atoms with van der Waals surface area (Å²) in [6.07, 6.45) is 7.24. The SMILES string of the molecule is CC(C)CCNC1CC(CC2CC2)CN(CC(C)C)C1. The Hall–Kier alpha value is -0.0800. The first-order valence-electron chi connectivity index (χ1n) is 8.98. The zero-order valence-electron chi connectivity index (χ0n) is 14.2. The largest absolute Gasteiger partial charge is 0.313 e. The van der Waals surface area contributed by atoms with Crippen molar-refractivity contribution in [2.24, 2.45) is 23.7 Å². The van der Waals surface area contributed by atoms with Gasteiger partial charge in [-0.05, 0) is 49.5 Å². The van der Waals surface area contributed by atoms with Crippen LogP contribution in [0.4, 0.5) is 0 Å². The predicted molar refractivity (Wildman–Crippen MR) is 88.0 cm³/mol. The van der Waals surface area contributed by atoms with Gasteiger partial charge >= 0.3 is 0 Å². The van der Waals surface area contributed by atoms with Crippen LogP contribution in [0.5, 0.6) is 0 Å². The molecule has 1 heterocycles. The van der Waals surface area contributed by atoms with Crippen LogP contribution in [-0.4, -0.2) is 37.1 Å². The molecule has 0 aromatic rings. The molecule has 1 N–H and O–H groups in total. The summed E-state index contributed by atoms with van der Waals surface area (Å²) in [6.45, 7) is 14.5. The summed E-state index contributed by atoms with van der Waals surface area (Å²) in [4.78, 5) is 2.73. The molecule has 1 saturated heterocycles.